The number of aliphatic hydroxyl groups is 1. The first-order chi connectivity index (χ1) is 44.6. The van der Waals surface area contributed by atoms with Gasteiger partial charge in [-0.05, 0) is 49.4 Å². The maximum absolute atomic E-state index is 13.0. The van der Waals surface area contributed by atoms with E-state index in [0.29, 0.717) is 37.5 Å². The van der Waals surface area contributed by atoms with E-state index in [1.165, 1.54) is 161 Å². The average molecular weight is 1370 g/mol. The van der Waals surface area contributed by atoms with Gasteiger partial charge in [-0.2, -0.15) is 0 Å². The molecule has 0 aliphatic carbocycles. The van der Waals surface area contributed by atoms with Crippen LogP contribution in [0, 0.1) is 23.7 Å². The van der Waals surface area contributed by atoms with E-state index in [-0.39, 0.29) is 25.7 Å². The Bertz CT molecular complexity index is 1840. The number of aliphatic hydroxyl groups excluding tert-OH is 1. The molecule has 0 radical (unpaired) electrons. The first kappa shape index (κ1) is 91.1. The highest BCUT2D eigenvalue weighted by atomic mass is 31.2. The molecule has 552 valence electrons. The van der Waals surface area contributed by atoms with Crippen molar-refractivity contribution in [2.24, 2.45) is 23.7 Å². The van der Waals surface area contributed by atoms with Gasteiger partial charge in [0, 0.05) is 25.7 Å². The fourth-order valence-corrected chi connectivity index (χ4v) is 12.7. The molecule has 0 rings (SSSR count). The first-order valence-electron chi connectivity index (χ1n) is 38.2. The van der Waals surface area contributed by atoms with Gasteiger partial charge in [-0.1, -0.05) is 319 Å². The molecule has 0 saturated carbocycles. The van der Waals surface area contributed by atoms with Crippen LogP contribution >= 0.6 is 15.6 Å². The molecule has 6 atom stereocenters. The van der Waals surface area contributed by atoms with Crippen molar-refractivity contribution in [2.75, 3.05) is 39.6 Å². The van der Waals surface area contributed by atoms with E-state index in [9.17, 15) is 43.2 Å². The molecule has 0 aliphatic rings. The molecular weight excluding hydrogens is 1220 g/mol. The maximum atomic E-state index is 13.0. The predicted octanol–water partition coefficient (Wildman–Crippen LogP) is 21.3. The third-order valence-corrected chi connectivity index (χ3v) is 19.3. The van der Waals surface area contributed by atoms with Gasteiger partial charge in [-0.3, -0.25) is 37.3 Å². The van der Waals surface area contributed by atoms with Crippen molar-refractivity contribution in [2.45, 2.75) is 388 Å². The molecule has 0 aliphatic heterocycles. The second kappa shape index (κ2) is 63.5. The molecule has 0 saturated heterocycles. The zero-order chi connectivity index (χ0) is 68.9. The Hall–Kier alpha value is -1.94. The number of rotatable bonds is 71. The summed E-state index contributed by atoms with van der Waals surface area (Å²) in [5.41, 5.74) is 0. The number of ether oxygens (including phenoxy) is 4. The summed E-state index contributed by atoms with van der Waals surface area (Å²) in [5, 5.41) is 10.6. The van der Waals surface area contributed by atoms with Crippen molar-refractivity contribution in [1.82, 2.24) is 0 Å². The standard InChI is InChI=1S/C74H144O17P2/c1-9-67(8)53-45-37-28-22-18-16-14-12-10-11-13-15-17-19-23-29-40-48-56-73(78)90-69(60-84-71(76)54-46-38-31-25-27-35-43-51-65(4)5)62-88-92(80,81)86-58-68(75)59-87-93(82,83)89-63-70(61-85-72(77)55-47-39-33-32-36-44-52-66(6)7)91-74(79)57-49-41-30-24-20-21-26-34-42-50-64(2)3/h64-70,75H,9-63H2,1-8H3,(H,80,81)(H,82,83)/t67?,68?,69-,70-/m1/s1. The second-order valence-electron chi connectivity index (χ2n) is 28.4. The minimum absolute atomic E-state index is 0.104. The van der Waals surface area contributed by atoms with E-state index in [4.69, 9.17) is 37.0 Å². The van der Waals surface area contributed by atoms with Gasteiger partial charge in [0.25, 0.3) is 0 Å². The number of hydrogen-bond acceptors (Lipinski definition) is 15. The van der Waals surface area contributed by atoms with Gasteiger partial charge in [-0.15, -0.1) is 0 Å². The molecule has 0 aromatic rings. The zero-order valence-electron chi connectivity index (χ0n) is 60.9. The van der Waals surface area contributed by atoms with Crippen molar-refractivity contribution < 1.29 is 80.2 Å². The van der Waals surface area contributed by atoms with Crippen LogP contribution in [-0.2, 0) is 65.4 Å². The summed E-state index contributed by atoms with van der Waals surface area (Å²) in [6.07, 6.45) is 47.6. The lowest BCUT2D eigenvalue weighted by Crippen LogP contribution is -2.30. The van der Waals surface area contributed by atoms with Crippen LogP contribution in [0.2, 0.25) is 0 Å². The number of carbonyl (C=O) groups excluding carboxylic acids is 4. The number of unbranched alkanes of at least 4 members (excludes halogenated alkanes) is 36. The molecule has 0 heterocycles. The minimum atomic E-state index is -4.95. The largest absolute Gasteiger partial charge is 0.472 e. The van der Waals surface area contributed by atoms with Crippen molar-refractivity contribution in [3.63, 3.8) is 0 Å². The minimum Gasteiger partial charge on any atom is -0.462 e. The van der Waals surface area contributed by atoms with Gasteiger partial charge in [-0.25, -0.2) is 9.13 Å². The maximum Gasteiger partial charge on any atom is 0.472 e. The Morgan fingerprint density at radius 1 is 0.301 bits per heavy atom. The van der Waals surface area contributed by atoms with Crippen LogP contribution in [0.25, 0.3) is 0 Å². The highest BCUT2D eigenvalue weighted by Crippen LogP contribution is 2.45. The molecule has 0 spiro atoms. The molecule has 0 aromatic carbocycles. The van der Waals surface area contributed by atoms with Crippen molar-refractivity contribution in [3.05, 3.63) is 0 Å². The highest BCUT2D eigenvalue weighted by Gasteiger charge is 2.30. The Labute approximate surface area is 568 Å². The number of esters is 4. The smallest absolute Gasteiger partial charge is 0.462 e. The van der Waals surface area contributed by atoms with E-state index in [2.05, 4.69) is 55.4 Å². The van der Waals surface area contributed by atoms with E-state index < -0.39 is 97.5 Å². The van der Waals surface area contributed by atoms with Crippen molar-refractivity contribution in [1.29, 1.82) is 0 Å². The van der Waals surface area contributed by atoms with Crippen LogP contribution in [-0.4, -0.2) is 96.7 Å². The topological polar surface area (TPSA) is 237 Å². The molecule has 4 unspecified atom stereocenters. The fraction of sp³-hybridized carbons (Fsp3) is 0.946. The summed E-state index contributed by atoms with van der Waals surface area (Å²) in [5.74, 6) is 0.863. The average Bonchev–Trinajstić information content (AvgIpc) is 2.83. The van der Waals surface area contributed by atoms with Crippen LogP contribution in [0.3, 0.4) is 0 Å². The lowest BCUT2D eigenvalue weighted by atomic mass is 9.99. The van der Waals surface area contributed by atoms with Gasteiger partial charge in [0.1, 0.15) is 19.3 Å². The number of phosphoric ester groups is 2. The van der Waals surface area contributed by atoms with Gasteiger partial charge < -0.3 is 33.8 Å². The molecule has 0 fully saturated rings. The number of hydrogen-bond donors (Lipinski definition) is 3. The Morgan fingerprint density at radius 2 is 0.516 bits per heavy atom. The summed E-state index contributed by atoms with van der Waals surface area (Å²) in [4.78, 5) is 72.6. The molecular formula is C74H144O17P2. The number of carbonyl (C=O) groups is 4. The monoisotopic (exact) mass is 1370 g/mol. The van der Waals surface area contributed by atoms with E-state index >= 15 is 0 Å². The highest BCUT2D eigenvalue weighted by molar-refractivity contribution is 7.47. The summed E-state index contributed by atoms with van der Waals surface area (Å²) in [7, 11) is -9.91. The lowest BCUT2D eigenvalue weighted by molar-refractivity contribution is -0.161. The van der Waals surface area contributed by atoms with Gasteiger partial charge in [0.15, 0.2) is 12.2 Å². The van der Waals surface area contributed by atoms with Crippen molar-refractivity contribution >= 4 is 39.5 Å². The molecule has 0 bridgehead atoms. The molecule has 0 amide bonds. The zero-order valence-corrected chi connectivity index (χ0v) is 62.7. The second-order valence-corrected chi connectivity index (χ2v) is 31.3. The summed E-state index contributed by atoms with van der Waals surface area (Å²) < 4.78 is 68.3. The predicted molar refractivity (Wildman–Crippen MR) is 377 cm³/mol. The quantitative estimate of drug-likeness (QED) is 0.0222. The fourth-order valence-electron chi connectivity index (χ4n) is 11.2. The first-order valence-corrected chi connectivity index (χ1v) is 41.2. The van der Waals surface area contributed by atoms with E-state index in [0.717, 1.165) is 115 Å². The lowest BCUT2D eigenvalue weighted by Gasteiger charge is -2.21. The van der Waals surface area contributed by atoms with E-state index in [1.807, 2.05) is 0 Å². The summed E-state index contributed by atoms with van der Waals surface area (Å²) in [6, 6.07) is 0. The summed E-state index contributed by atoms with van der Waals surface area (Å²) >= 11 is 0. The Balaban J connectivity index is 5.15. The number of phosphoric acid groups is 2. The van der Waals surface area contributed by atoms with Crippen molar-refractivity contribution in [3.8, 4) is 0 Å². The Morgan fingerprint density at radius 3 is 0.763 bits per heavy atom. The van der Waals surface area contributed by atoms with E-state index in [1.54, 1.807) is 0 Å². The molecule has 0 aromatic heterocycles. The van der Waals surface area contributed by atoms with Gasteiger partial charge >= 0.3 is 39.5 Å². The molecule has 3 N–H and O–H groups in total. The van der Waals surface area contributed by atoms with Crippen LogP contribution in [0.1, 0.15) is 370 Å². The molecule has 93 heavy (non-hydrogen) atoms. The molecule has 17 nitrogen and oxygen atoms in total. The van der Waals surface area contributed by atoms with Gasteiger partial charge in [0.05, 0.1) is 26.4 Å². The molecule has 19 heteroatoms. The third kappa shape index (κ3) is 67.0. The van der Waals surface area contributed by atoms with Crippen LogP contribution in [0.4, 0.5) is 0 Å². The van der Waals surface area contributed by atoms with Crippen LogP contribution in [0.15, 0.2) is 0 Å². The summed E-state index contributed by atoms with van der Waals surface area (Å²) in [6.45, 7) is 14.1. The third-order valence-electron chi connectivity index (χ3n) is 17.4. The van der Waals surface area contributed by atoms with Gasteiger partial charge in [0.2, 0.25) is 0 Å². The van der Waals surface area contributed by atoms with Crippen LogP contribution in [0.5, 0.6) is 0 Å². The normalized spacial score (nSPS) is 14.5. The SMILES string of the molecule is CCC(C)CCCCCCCCCCCCCCCCCCCCC(=O)O[C@H](COC(=O)CCCCCCCCCC(C)C)COP(=O)(O)OCC(O)COP(=O)(O)OC[C@@H](COC(=O)CCCCCCCCC(C)C)OC(=O)CCCCCCCCCCCC(C)C. The van der Waals surface area contributed by atoms with Crippen LogP contribution < -0.4 is 0 Å². The Kier molecular flexibility index (Phi) is 62.2.